The van der Waals surface area contributed by atoms with Crippen molar-refractivity contribution in [1.29, 1.82) is 0 Å². The van der Waals surface area contributed by atoms with Gasteiger partial charge in [0.25, 0.3) is 0 Å². The third-order valence-corrected chi connectivity index (χ3v) is 16.2. The van der Waals surface area contributed by atoms with Gasteiger partial charge in [-0.2, -0.15) is 0 Å². The molecule has 4 aliphatic carbocycles. The number of hydrogen-bond acceptors (Lipinski definition) is 0. The van der Waals surface area contributed by atoms with Gasteiger partial charge in [-0.05, 0) is 22.2 Å². The molecule has 0 N–H and O–H groups in total. The van der Waals surface area contributed by atoms with E-state index in [1.165, 1.54) is 22.2 Å². The van der Waals surface area contributed by atoms with E-state index in [4.69, 9.17) is 0 Å². The Morgan fingerprint density at radius 2 is 0.524 bits per heavy atom. The zero-order valence-electron chi connectivity index (χ0n) is 14.1. The number of hydrogen-bond donors (Lipinski definition) is 0. The predicted octanol–water partition coefficient (Wildman–Crippen LogP) is 7.21. The Morgan fingerprint density at radius 1 is 0.333 bits per heavy atom. The summed E-state index contributed by atoms with van der Waals surface area (Å²) in [6, 6.07) is 0. The van der Waals surface area contributed by atoms with Crippen LogP contribution in [0.1, 0.15) is 103 Å². The smallest absolute Gasteiger partial charge is 0.0533 e. The molecule has 1 heteroatoms. The Labute approximate surface area is 133 Å². The van der Waals surface area contributed by atoms with Gasteiger partial charge in [-0.15, -0.1) is 0 Å². The van der Waals surface area contributed by atoms with Gasteiger partial charge in [0.1, 0.15) is 0 Å². The van der Waals surface area contributed by atoms with E-state index in [2.05, 4.69) is 0 Å². The zero-order chi connectivity index (χ0) is 14.1. The van der Waals surface area contributed by atoms with Gasteiger partial charge < -0.3 is 0 Å². The maximum absolute atomic E-state index is 1.66. The lowest BCUT2D eigenvalue weighted by Crippen LogP contribution is -2.51. The van der Waals surface area contributed by atoms with E-state index < -0.39 is 8.07 Å². The molecule has 21 heavy (non-hydrogen) atoms. The summed E-state index contributed by atoms with van der Waals surface area (Å²) < 4.78 is 0. The van der Waals surface area contributed by atoms with Crippen molar-refractivity contribution in [2.24, 2.45) is 0 Å². The second kappa shape index (κ2) is 6.38. The van der Waals surface area contributed by atoms with Crippen LogP contribution in [-0.2, 0) is 0 Å². The fourth-order valence-electron chi connectivity index (χ4n) is 7.70. The van der Waals surface area contributed by atoms with Gasteiger partial charge in [0.05, 0.1) is 8.07 Å². The van der Waals surface area contributed by atoms with Gasteiger partial charge in [0.2, 0.25) is 0 Å². The minimum atomic E-state index is -1.06. The molecule has 0 amide bonds. The summed E-state index contributed by atoms with van der Waals surface area (Å²) in [4.78, 5) is 0. The van der Waals surface area contributed by atoms with Crippen molar-refractivity contribution in [2.75, 3.05) is 0 Å². The van der Waals surface area contributed by atoms with E-state index in [1.54, 1.807) is 103 Å². The molecule has 0 unspecified atom stereocenters. The largest absolute Gasteiger partial charge is 0.0660 e. The minimum absolute atomic E-state index is 1.06. The van der Waals surface area contributed by atoms with Crippen LogP contribution in [0, 0.1) is 0 Å². The average Bonchev–Trinajstić information content (AvgIpc) is 3.32. The Kier molecular flexibility index (Phi) is 4.49. The molecule has 0 saturated heterocycles. The fraction of sp³-hybridized carbons (Fsp3) is 1.00. The molecule has 0 aliphatic heterocycles. The highest BCUT2D eigenvalue weighted by Gasteiger charge is 2.57. The van der Waals surface area contributed by atoms with Gasteiger partial charge in [0, 0.05) is 0 Å². The molecular weight excluding hydrogens is 268 g/mol. The van der Waals surface area contributed by atoms with Crippen LogP contribution in [0.15, 0.2) is 0 Å². The standard InChI is InChI=1S/C20H36Si/c1-2-10-17(9-1)21(18-11-3-4-12-18,19-13-5-6-14-19)20-15-7-8-16-20/h17-20H,1-16H2. The maximum atomic E-state index is 1.66. The lowest BCUT2D eigenvalue weighted by Gasteiger charge is -2.51. The Morgan fingerprint density at radius 3 is 0.714 bits per heavy atom. The molecular formula is C20H36Si. The number of rotatable bonds is 4. The van der Waals surface area contributed by atoms with E-state index in [9.17, 15) is 0 Å². The molecule has 0 aromatic carbocycles. The highest BCUT2D eigenvalue weighted by molar-refractivity contribution is 6.85. The molecule has 0 radical (unpaired) electrons. The van der Waals surface area contributed by atoms with Gasteiger partial charge in [0.15, 0.2) is 0 Å². The molecule has 0 aromatic rings. The van der Waals surface area contributed by atoms with Crippen molar-refractivity contribution in [1.82, 2.24) is 0 Å². The van der Waals surface area contributed by atoms with Crippen LogP contribution >= 0.6 is 0 Å². The van der Waals surface area contributed by atoms with E-state index in [0.29, 0.717) is 0 Å². The van der Waals surface area contributed by atoms with Crippen molar-refractivity contribution < 1.29 is 0 Å². The van der Waals surface area contributed by atoms with Crippen molar-refractivity contribution >= 4 is 8.07 Å². The quantitative estimate of drug-likeness (QED) is 0.481. The first kappa shape index (κ1) is 14.8. The Bertz CT molecular complexity index is 256. The maximum Gasteiger partial charge on any atom is 0.0660 e. The molecule has 0 spiro atoms. The first-order valence-electron chi connectivity index (χ1n) is 10.4. The van der Waals surface area contributed by atoms with Crippen LogP contribution in [0.3, 0.4) is 0 Å². The van der Waals surface area contributed by atoms with E-state index >= 15 is 0 Å². The highest BCUT2D eigenvalue weighted by Crippen LogP contribution is 2.65. The van der Waals surface area contributed by atoms with Gasteiger partial charge >= 0.3 is 0 Å². The van der Waals surface area contributed by atoms with Crippen LogP contribution in [0.5, 0.6) is 0 Å². The Hall–Kier alpha value is 0.217. The highest BCUT2D eigenvalue weighted by atomic mass is 28.3. The molecule has 4 aliphatic rings. The normalized spacial score (nSPS) is 30.9. The van der Waals surface area contributed by atoms with Gasteiger partial charge in [-0.1, -0.05) is 103 Å². The third kappa shape index (κ3) is 2.46. The van der Waals surface area contributed by atoms with Gasteiger partial charge in [-0.3, -0.25) is 0 Å². The molecule has 4 fully saturated rings. The summed E-state index contributed by atoms with van der Waals surface area (Å²) in [5, 5.41) is 0. The van der Waals surface area contributed by atoms with Crippen LogP contribution < -0.4 is 0 Å². The molecule has 0 bridgehead atoms. The van der Waals surface area contributed by atoms with E-state index in [1.807, 2.05) is 0 Å². The summed E-state index contributed by atoms with van der Waals surface area (Å²) in [6.07, 6.45) is 26.0. The van der Waals surface area contributed by atoms with Crippen molar-refractivity contribution in [2.45, 2.75) is 125 Å². The Balaban J connectivity index is 1.71. The van der Waals surface area contributed by atoms with E-state index in [0.717, 1.165) is 0 Å². The fourth-order valence-corrected chi connectivity index (χ4v) is 17.3. The second-order valence-electron chi connectivity index (χ2n) is 8.93. The second-order valence-corrected chi connectivity index (χ2v) is 14.2. The first-order valence-corrected chi connectivity index (χ1v) is 12.7. The molecule has 4 saturated carbocycles. The van der Waals surface area contributed by atoms with Crippen molar-refractivity contribution in [3.05, 3.63) is 0 Å². The summed E-state index contributed by atoms with van der Waals surface area (Å²) in [6.45, 7) is 0. The zero-order valence-corrected chi connectivity index (χ0v) is 15.1. The minimum Gasteiger partial charge on any atom is -0.0533 e. The van der Waals surface area contributed by atoms with Gasteiger partial charge in [-0.25, -0.2) is 0 Å². The van der Waals surface area contributed by atoms with Crippen molar-refractivity contribution in [3.8, 4) is 0 Å². The van der Waals surface area contributed by atoms with Crippen LogP contribution in [0.2, 0.25) is 22.2 Å². The van der Waals surface area contributed by atoms with Crippen LogP contribution in [-0.4, -0.2) is 8.07 Å². The van der Waals surface area contributed by atoms with E-state index in [-0.39, 0.29) is 0 Å². The molecule has 0 atom stereocenters. The summed E-state index contributed by atoms with van der Waals surface area (Å²) in [5.74, 6) is 0. The lowest BCUT2D eigenvalue weighted by atomic mass is 10.3. The molecule has 4 rings (SSSR count). The summed E-state index contributed by atoms with van der Waals surface area (Å²) >= 11 is 0. The first-order chi connectivity index (χ1) is 10.4. The summed E-state index contributed by atoms with van der Waals surface area (Å²) in [7, 11) is -1.06. The monoisotopic (exact) mass is 304 g/mol. The molecule has 0 aromatic heterocycles. The molecule has 0 heterocycles. The summed E-state index contributed by atoms with van der Waals surface area (Å²) in [5.41, 5.74) is 5.08. The topological polar surface area (TPSA) is 0 Å². The SMILES string of the molecule is C1CCC([Si](C2CCCC2)(C2CCCC2)C2CCCC2)C1. The van der Waals surface area contributed by atoms with Crippen LogP contribution in [0.4, 0.5) is 0 Å². The van der Waals surface area contributed by atoms with Crippen molar-refractivity contribution in [3.63, 3.8) is 0 Å². The average molecular weight is 305 g/mol. The van der Waals surface area contributed by atoms with Crippen LogP contribution in [0.25, 0.3) is 0 Å². The molecule has 0 nitrogen and oxygen atoms in total. The predicted molar refractivity (Wildman–Crippen MR) is 94.6 cm³/mol. The third-order valence-electron chi connectivity index (χ3n) is 8.25. The molecule has 120 valence electrons. The lowest BCUT2D eigenvalue weighted by molar-refractivity contribution is 0.617.